The Hall–Kier alpha value is -2.27. The van der Waals surface area contributed by atoms with Gasteiger partial charge in [-0.2, -0.15) is 0 Å². The zero-order chi connectivity index (χ0) is 17.5. The summed E-state index contributed by atoms with van der Waals surface area (Å²) in [6.07, 6.45) is 0. The first-order valence-electron chi connectivity index (χ1n) is 7.90. The monoisotopic (exact) mass is 344 g/mol. The number of nitrogens with one attached hydrogen (secondary N) is 2. The highest BCUT2D eigenvalue weighted by molar-refractivity contribution is 7.80. The van der Waals surface area contributed by atoms with E-state index >= 15 is 0 Å². The molecule has 1 atom stereocenters. The molecule has 1 unspecified atom stereocenters. The van der Waals surface area contributed by atoms with Crippen molar-refractivity contribution in [3.8, 4) is 11.5 Å². The molecule has 0 fully saturated rings. The van der Waals surface area contributed by atoms with Gasteiger partial charge in [0.15, 0.2) is 16.6 Å². The molecule has 0 spiro atoms. The number of para-hydroxylation sites is 2. The predicted molar refractivity (Wildman–Crippen MR) is 103 cm³/mol. The van der Waals surface area contributed by atoms with Crippen LogP contribution < -0.4 is 20.1 Å². The van der Waals surface area contributed by atoms with Crippen LogP contribution in [0, 0.1) is 13.8 Å². The van der Waals surface area contributed by atoms with Crippen LogP contribution in [0.3, 0.4) is 0 Å². The lowest BCUT2D eigenvalue weighted by Gasteiger charge is -2.19. The Balaban J connectivity index is 1.86. The summed E-state index contributed by atoms with van der Waals surface area (Å²) in [5.74, 6) is 1.45. The molecule has 128 valence electrons. The summed E-state index contributed by atoms with van der Waals surface area (Å²) >= 11 is 5.39. The maximum absolute atomic E-state index is 5.81. The summed E-state index contributed by atoms with van der Waals surface area (Å²) in [7, 11) is 1.63. The molecule has 4 nitrogen and oxygen atoms in total. The fraction of sp³-hybridized carbons (Fsp3) is 0.316. The lowest BCUT2D eigenvalue weighted by molar-refractivity contribution is 0.270. The minimum Gasteiger partial charge on any atom is -0.493 e. The molecule has 0 heterocycles. The van der Waals surface area contributed by atoms with Gasteiger partial charge >= 0.3 is 0 Å². The average molecular weight is 344 g/mol. The Morgan fingerprint density at radius 2 is 1.83 bits per heavy atom. The molecule has 0 bridgehead atoms. The SMILES string of the molecule is COc1ccccc1OCC(C)NC(=S)Nc1cc(C)ccc1C. The number of aryl methyl sites for hydroxylation is 2. The van der Waals surface area contributed by atoms with E-state index in [0.29, 0.717) is 11.7 Å². The highest BCUT2D eigenvalue weighted by Crippen LogP contribution is 2.25. The summed E-state index contributed by atoms with van der Waals surface area (Å²) < 4.78 is 11.1. The van der Waals surface area contributed by atoms with Crippen LogP contribution in [0.5, 0.6) is 11.5 Å². The maximum atomic E-state index is 5.81. The fourth-order valence-electron chi connectivity index (χ4n) is 2.25. The van der Waals surface area contributed by atoms with E-state index in [0.717, 1.165) is 22.7 Å². The van der Waals surface area contributed by atoms with Crippen molar-refractivity contribution in [2.24, 2.45) is 0 Å². The summed E-state index contributed by atoms with van der Waals surface area (Å²) in [6, 6.07) is 13.9. The van der Waals surface area contributed by atoms with Crippen molar-refractivity contribution in [2.45, 2.75) is 26.8 Å². The summed E-state index contributed by atoms with van der Waals surface area (Å²) in [6.45, 7) is 6.62. The van der Waals surface area contributed by atoms with Gasteiger partial charge in [0, 0.05) is 5.69 Å². The number of ether oxygens (including phenoxy) is 2. The summed E-state index contributed by atoms with van der Waals surface area (Å²) in [5.41, 5.74) is 3.37. The summed E-state index contributed by atoms with van der Waals surface area (Å²) in [4.78, 5) is 0. The van der Waals surface area contributed by atoms with Gasteiger partial charge in [-0.15, -0.1) is 0 Å². The maximum Gasteiger partial charge on any atom is 0.171 e. The first-order chi connectivity index (χ1) is 11.5. The molecule has 0 aliphatic heterocycles. The molecular formula is C19H24N2O2S. The third-order valence-corrected chi connectivity index (χ3v) is 3.80. The number of benzene rings is 2. The molecule has 0 aliphatic carbocycles. The van der Waals surface area contributed by atoms with E-state index in [4.69, 9.17) is 21.7 Å². The lowest BCUT2D eigenvalue weighted by Crippen LogP contribution is -2.39. The number of thiocarbonyl (C=S) groups is 1. The van der Waals surface area contributed by atoms with Crippen LogP contribution in [0.15, 0.2) is 42.5 Å². The zero-order valence-electron chi connectivity index (χ0n) is 14.6. The number of anilines is 1. The largest absolute Gasteiger partial charge is 0.493 e. The van der Waals surface area contributed by atoms with Gasteiger partial charge in [0.2, 0.25) is 0 Å². The number of rotatable bonds is 6. The molecule has 2 rings (SSSR count). The van der Waals surface area contributed by atoms with Gasteiger partial charge in [0.25, 0.3) is 0 Å². The molecule has 0 saturated heterocycles. The van der Waals surface area contributed by atoms with Crippen molar-refractivity contribution in [3.63, 3.8) is 0 Å². The van der Waals surface area contributed by atoms with Gasteiger partial charge in [-0.3, -0.25) is 0 Å². The number of hydrogen-bond acceptors (Lipinski definition) is 3. The minimum absolute atomic E-state index is 0.0556. The van der Waals surface area contributed by atoms with Gasteiger partial charge in [0.1, 0.15) is 6.61 Å². The highest BCUT2D eigenvalue weighted by Gasteiger charge is 2.09. The summed E-state index contributed by atoms with van der Waals surface area (Å²) in [5, 5.41) is 7.06. The highest BCUT2D eigenvalue weighted by atomic mass is 32.1. The van der Waals surface area contributed by atoms with E-state index in [1.807, 2.05) is 31.2 Å². The molecule has 0 aliphatic rings. The smallest absolute Gasteiger partial charge is 0.171 e. The number of hydrogen-bond donors (Lipinski definition) is 2. The van der Waals surface area contributed by atoms with E-state index < -0.39 is 0 Å². The topological polar surface area (TPSA) is 42.5 Å². The molecule has 24 heavy (non-hydrogen) atoms. The molecule has 2 aromatic rings. The first-order valence-corrected chi connectivity index (χ1v) is 8.31. The van der Waals surface area contributed by atoms with Gasteiger partial charge in [-0.05, 0) is 62.3 Å². The Labute approximate surface area is 149 Å². The molecule has 0 amide bonds. The van der Waals surface area contributed by atoms with Gasteiger partial charge in [-0.25, -0.2) is 0 Å². The van der Waals surface area contributed by atoms with Crippen LogP contribution in [0.2, 0.25) is 0 Å². The van der Waals surface area contributed by atoms with Crippen molar-refractivity contribution in [3.05, 3.63) is 53.6 Å². The second-order valence-corrected chi connectivity index (χ2v) is 6.19. The molecular weight excluding hydrogens is 320 g/mol. The van der Waals surface area contributed by atoms with Crippen molar-refractivity contribution in [1.82, 2.24) is 5.32 Å². The third-order valence-electron chi connectivity index (χ3n) is 3.58. The molecule has 2 N–H and O–H groups in total. The molecule has 0 radical (unpaired) electrons. The van der Waals surface area contributed by atoms with E-state index in [1.54, 1.807) is 7.11 Å². The van der Waals surface area contributed by atoms with Crippen LogP contribution in [0.4, 0.5) is 5.69 Å². The molecule has 5 heteroatoms. The van der Waals surface area contributed by atoms with Gasteiger partial charge in [0.05, 0.1) is 13.2 Å². The second kappa shape index (κ2) is 8.55. The predicted octanol–water partition coefficient (Wildman–Crippen LogP) is 4.07. The number of methoxy groups -OCH3 is 1. The van der Waals surface area contributed by atoms with Crippen LogP contribution in [0.25, 0.3) is 0 Å². The second-order valence-electron chi connectivity index (χ2n) is 5.78. The van der Waals surface area contributed by atoms with Crippen molar-refractivity contribution >= 4 is 23.0 Å². The van der Waals surface area contributed by atoms with Crippen molar-refractivity contribution < 1.29 is 9.47 Å². The van der Waals surface area contributed by atoms with E-state index in [9.17, 15) is 0 Å². The van der Waals surface area contributed by atoms with Crippen LogP contribution in [-0.4, -0.2) is 24.9 Å². The minimum atomic E-state index is 0.0556. The van der Waals surface area contributed by atoms with Crippen LogP contribution in [-0.2, 0) is 0 Å². The Kier molecular flexibility index (Phi) is 6.44. The normalized spacial score (nSPS) is 11.5. The van der Waals surface area contributed by atoms with Crippen molar-refractivity contribution in [1.29, 1.82) is 0 Å². The first kappa shape index (κ1) is 18.1. The molecule has 2 aromatic carbocycles. The van der Waals surface area contributed by atoms with Crippen LogP contribution in [0.1, 0.15) is 18.1 Å². The molecule has 0 saturated carbocycles. The van der Waals surface area contributed by atoms with Crippen LogP contribution >= 0.6 is 12.2 Å². The Morgan fingerprint density at radius 3 is 2.54 bits per heavy atom. The quantitative estimate of drug-likeness (QED) is 0.774. The van der Waals surface area contributed by atoms with Crippen molar-refractivity contribution in [2.75, 3.05) is 19.0 Å². The van der Waals surface area contributed by atoms with E-state index in [1.165, 1.54) is 5.56 Å². The van der Waals surface area contributed by atoms with E-state index in [-0.39, 0.29) is 6.04 Å². The van der Waals surface area contributed by atoms with Gasteiger partial charge < -0.3 is 20.1 Å². The van der Waals surface area contributed by atoms with Gasteiger partial charge in [-0.1, -0.05) is 24.3 Å². The standard InChI is InChI=1S/C19H24N2O2S/c1-13-9-10-14(2)16(11-13)21-19(24)20-15(3)12-23-18-8-6-5-7-17(18)22-4/h5-11,15H,12H2,1-4H3,(H2,20,21,24). The zero-order valence-corrected chi connectivity index (χ0v) is 15.4. The Bertz CT molecular complexity index is 704. The lowest BCUT2D eigenvalue weighted by atomic mass is 10.1. The third kappa shape index (κ3) is 5.13. The molecule has 0 aromatic heterocycles. The Morgan fingerprint density at radius 1 is 1.12 bits per heavy atom. The average Bonchev–Trinajstić information content (AvgIpc) is 2.56. The fourth-order valence-corrected chi connectivity index (χ4v) is 2.56. The van der Waals surface area contributed by atoms with E-state index in [2.05, 4.69) is 42.7 Å².